The van der Waals surface area contributed by atoms with Gasteiger partial charge in [0.25, 0.3) is 0 Å². The van der Waals surface area contributed by atoms with Gasteiger partial charge >= 0.3 is 76.8 Å². The average molecular weight is 232 g/mol. The summed E-state index contributed by atoms with van der Waals surface area (Å²) in [7, 11) is 0. The van der Waals surface area contributed by atoms with Gasteiger partial charge in [-0.3, -0.25) is 0 Å². The molecule has 0 bridgehead atoms. The fraction of sp³-hybridized carbons (Fsp3) is 0.375. The van der Waals surface area contributed by atoms with Gasteiger partial charge < -0.3 is 0 Å². The van der Waals surface area contributed by atoms with Crippen LogP contribution in [0.25, 0.3) is 0 Å². The summed E-state index contributed by atoms with van der Waals surface area (Å²) >= 11 is 0.145. The first-order valence-corrected chi connectivity index (χ1v) is 5.52. The van der Waals surface area contributed by atoms with Crippen molar-refractivity contribution in [2.24, 2.45) is 0 Å². The standard InChI is InChI=1S/C8H11NO2Se/c1-3-11-8(10)6-5(2)4-12-7(6)9/h4H,3,9H2,1-2H3. The summed E-state index contributed by atoms with van der Waals surface area (Å²) in [5.74, 6) is -0.289. The Bertz CT molecular complexity index is 274. The van der Waals surface area contributed by atoms with E-state index in [4.69, 9.17) is 10.5 Å². The molecule has 0 aliphatic carbocycles. The van der Waals surface area contributed by atoms with Crippen LogP contribution >= 0.6 is 0 Å². The molecule has 0 radical (unpaired) electrons. The van der Waals surface area contributed by atoms with Gasteiger partial charge in [0, 0.05) is 0 Å². The fourth-order valence-electron chi connectivity index (χ4n) is 0.929. The second kappa shape index (κ2) is 3.78. The van der Waals surface area contributed by atoms with Crippen molar-refractivity contribution in [3.8, 4) is 0 Å². The van der Waals surface area contributed by atoms with E-state index in [0.717, 1.165) is 5.56 Å². The summed E-state index contributed by atoms with van der Waals surface area (Å²) in [4.78, 5) is 13.3. The van der Waals surface area contributed by atoms with Crippen LogP contribution in [0.1, 0.15) is 22.8 Å². The van der Waals surface area contributed by atoms with E-state index < -0.39 is 0 Å². The van der Waals surface area contributed by atoms with Crippen LogP contribution in [0.4, 0.5) is 4.56 Å². The van der Waals surface area contributed by atoms with Crippen molar-refractivity contribution < 1.29 is 9.53 Å². The first-order chi connectivity index (χ1) is 5.66. The van der Waals surface area contributed by atoms with E-state index in [1.807, 2.05) is 11.9 Å². The Balaban J connectivity index is 2.93. The molecule has 1 aromatic rings. The third kappa shape index (κ3) is 1.71. The summed E-state index contributed by atoms with van der Waals surface area (Å²) in [5.41, 5.74) is 7.19. The van der Waals surface area contributed by atoms with Crippen molar-refractivity contribution in [3.63, 3.8) is 0 Å². The van der Waals surface area contributed by atoms with Gasteiger partial charge in [-0.15, -0.1) is 0 Å². The van der Waals surface area contributed by atoms with Gasteiger partial charge in [-0.25, -0.2) is 0 Å². The maximum absolute atomic E-state index is 11.3. The molecule has 0 fully saturated rings. The molecule has 0 amide bonds. The molecule has 0 spiro atoms. The summed E-state index contributed by atoms with van der Waals surface area (Å²) in [6.07, 6.45) is 0. The van der Waals surface area contributed by atoms with Crippen LogP contribution in [0.3, 0.4) is 0 Å². The van der Waals surface area contributed by atoms with Crippen LogP contribution < -0.4 is 5.73 Å². The molecule has 0 atom stereocenters. The molecule has 0 unspecified atom stereocenters. The maximum atomic E-state index is 11.3. The minimum atomic E-state index is -0.289. The van der Waals surface area contributed by atoms with Crippen molar-refractivity contribution in [2.45, 2.75) is 13.8 Å². The Morgan fingerprint density at radius 2 is 2.42 bits per heavy atom. The molecule has 1 rings (SSSR count). The number of ether oxygens (including phenoxy) is 1. The number of hydrogen-bond acceptors (Lipinski definition) is 3. The minimum absolute atomic E-state index is 0.145. The van der Waals surface area contributed by atoms with Gasteiger partial charge in [0.05, 0.1) is 0 Å². The monoisotopic (exact) mass is 233 g/mol. The van der Waals surface area contributed by atoms with E-state index >= 15 is 0 Å². The number of nitrogens with two attached hydrogens (primary N) is 1. The van der Waals surface area contributed by atoms with Gasteiger partial charge in [0.1, 0.15) is 0 Å². The number of carbonyl (C=O) groups excluding carboxylic acids is 1. The van der Waals surface area contributed by atoms with E-state index in [2.05, 4.69) is 0 Å². The molecule has 0 aromatic carbocycles. The second-order valence-corrected chi connectivity index (χ2v) is 4.29. The number of hydrogen-bond donors (Lipinski definition) is 1. The molecule has 4 heteroatoms. The quantitative estimate of drug-likeness (QED) is 0.606. The molecule has 1 heterocycles. The average Bonchev–Trinajstić information content (AvgIpc) is 2.32. The molecule has 66 valence electrons. The predicted molar refractivity (Wildman–Crippen MR) is 48.5 cm³/mol. The van der Waals surface area contributed by atoms with Crippen LogP contribution in [-0.4, -0.2) is 27.1 Å². The molecular formula is C8H11NO2Se. The normalized spacial score (nSPS) is 9.83. The Hall–Kier alpha value is -0.731. The van der Waals surface area contributed by atoms with Crippen LogP contribution in [-0.2, 0) is 4.74 Å². The van der Waals surface area contributed by atoms with Gasteiger partial charge in [-0.1, -0.05) is 0 Å². The number of esters is 1. The summed E-state index contributed by atoms with van der Waals surface area (Å²) in [6.45, 7) is 4.07. The number of rotatable bonds is 2. The molecule has 3 nitrogen and oxygen atoms in total. The Morgan fingerprint density at radius 3 is 2.83 bits per heavy atom. The van der Waals surface area contributed by atoms with Crippen LogP contribution in [0, 0.1) is 6.92 Å². The van der Waals surface area contributed by atoms with Crippen molar-refractivity contribution in [1.82, 2.24) is 0 Å². The molecule has 0 saturated carbocycles. The van der Waals surface area contributed by atoms with Crippen molar-refractivity contribution in [3.05, 3.63) is 16.1 Å². The molecule has 0 saturated heterocycles. The summed E-state index contributed by atoms with van der Waals surface area (Å²) in [6, 6.07) is 0. The van der Waals surface area contributed by atoms with Gasteiger partial charge in [-0.2, -0.15) is 0 Å². The van der Waals surface area contributed by atoms with Crippen LogP contribution in [0.2, 0.25) is 0 Å². The molecule has 1 aromatic heterocycles. The number of aryl methyl sites for hydroxylation is 1. The zero-order valence-corrected chi connectivity index (χ0v) is 8.80. The SMILES string of the molecule is CCOC(=O)c1c(C)c[se]c1N. The summed E-state index contributed by atoms with van der Waals surface area (Å²) < 4.78 is 5.54. The second-order valence-electron chi connectivity index (χ2n) is 2.38. The fourth-order valence-corrected chi connectivity index (χ4v) is 2.57. The first kappa shape index (κ1) is 9.36. The van der Waals surface area contributed by atoms with Gasteiger partial charge in [0.15, 0.2) is 0 Å². The van der Waals surface area contributed by atoms with Crippen molar-refractivity contribution in [2.75, 3.05) is 12.3 Å². The van der Waals surface area contributed by atoms with E-state index in [-0.39, 0.29) is 20.5 Å². The molecular weight excluding hydrogens is 221 g/mol. The van der Waals surface area contributed by atoms with E-state index in [1.165, 1.54) is 0 Å². The molecule has 12 heavy (non-hydrogen) atoms. The Labute approximate surface area is 77.3 Å². The topological polar surface area (TPSA) is 52.3 Å². The van der Waals surface area contributed by atoms with E-state index in [9.17, 15) is 4.79 Å². The zero-order valence-electron chi connectivity index (χ0n) is 7.09. The predicted octanol–water partition coefficient (Wildman–Crippen LogP) is 0.811. The number of carbonyl (C=O) groups is 1. The number of nitrogen functional groups attached to an aromatic ring is 1. The molecule has 0 aliphatic rings. The number of anilines is 1. The Morgan fingerprint density at radius 1 is 1.75 bits per heavy atom. The third-order valence-electron chi connectivity index (χ3n) is 1.48. The van der Waals surface area contributed by atoms with E-state index in [1.54, 1.807) is 6.92 Å². The third-order valence-corrected chi connectivity index (χ3v) is 3.43. The van der Waals surface area contributed by atoms with Gasteiger partial charge in [-0.05, 0) is 0 Å². The summed E-state index contributed by atoms with van der Waals surface area (Å²) in [5, 5.41) is 0. The zero-order chi connectivity index (χ0) is 9.14. The van der Waals surface area contributed by atoms with Crippen molar-refractivity contribution in [1.29, 1.82) is 0 Å². The van der Waals surface area contributed by atoms with E-state index in [0.29, 0.717) is 16.7 Å². The van der Waals surface area contributed by atoms with Crippen molar-refractivity contribution >= 4 is 25.0 Å². The Kier molecular flexibility index (Phi) is 2.95. The van der Waals surface area contributed by atoms with Gasteiger partial charge in [0.2, 0.25) is 0 Å². The molecule has 2 N–H and O–H groups in total. The van der Waals surface area contributed by atoms with Crippen LogP contribution in [0.15, 0.2) is 4.94 Å². The first-order valence-electron chi connectivity index (χ1n) is 3.67. The molecule has 0 aliphatic heterocycles. The van der Waals surface area contributed by atoms with Crippen LogP contribution in [0.5, 0.6) is 0 Å².